The molecule has 110 valence electrons. The number of hydrogen-bond acceptors (Lipinski definition) is 3. The Labute approximate surface area is 122 Å². The fourth-order valence-corrected chi connectivity index (χ4v) is 2.58. The minimum atomic E-state index is -0.484. The van der Waals surface area contributed by atoms with Gasteiger partial charge in [-0.05, 0) is 32.8 Å². The SMILES string of the molecule is C=CC[C@@H](N[C@@H](C)c1ccccc1)[C@H]1COC(C)(C)O1. The highest BCUT2D eigenvalue weighted by Gasteiger charge is 2.37. The summed E-state index contributed by atoms with van der Waals surface area (Å²) in [4.78, 5) is 0. The lowest BCUT2D eigenvalue weighted by molar-refractivity contribution is -0.141. The van der Waals surface area contributed by atoms with Crippen LogP contribution < -0.4 is 5.32 Å². The van der Waals surface area contributed by atoms with Crippen LogP contribution in [0.5, 0.6) is 0 Å². The Hall–Kier alpha value is -1.16. The van der Waals surface area contributed by atoms with Crippen LogP contribution in [-0.4, -0.2) is 24.5 Å². The molecule has 3 heteroatoms. The monoisotopic (exact) mass is 275 g/mol. The second-order valence-corrected chi connectivity index (χ2v) is 5.80. The van der Waals surface area contributed by atoms with E-state index in [1.807, 2.05) is 26.0 Å². The maximum Gasteiger partial charge on any atom is 0.163 e. The zero-order valence-electron chi connectivity index (χ0n) is 12.6. The third-order valence-corrected chi connectivity index (χ3v) is 3.66. The molecule has 0 aromatic heterocycles. The molecule has 3 nitrogen and oxygen atoms in total. The quantitative estimate of drug-likeness (QED) is 0.807. The zero-order chi connectivity index (χ0) is 14.6. The molecule has 1 fully saturated rings. The van der Waals surface area contributed by atoms with Gasteiger partial charge in [-0.1, -0.05) is 36.4 Å². The average molecular weight is 275 g/mol. The molecule has 2 rings (SSSR count). The van der Waals surface area contributed by atoms with Crippen molar-refractivity contribution in [2.24, 2.45) is 0 Å². The number of ether oxygens (including phenoxy) is 2. The minimum Gasteiger partial charge on any atom is -0.348 e. The molecule has 1 saturated heterocycles. The summed E-state index contributed by atoms with van der Waals surface area (Å²) in [6.07, 6.45) is 2.86. The van der Waals surface area contributed by atoms with Gasteiger partial charge in [0.1, 0.15) is 0 Å². The maximum absolute atomic E-state index is 5.97. The van der Waals surface area contributed by atoms with Crippen molar-refractivity contribution in [2.45, 2.75) is 51.2 Å². The van der Waals surface area contributed by atoms with E-state index in [4.69, 9.17) is 9.47 Å². The first-order valence-corrected chi connectivity index (χ1v) is 7.25. The van der Waals surface area contributed by atoms with Crippen molar-refractivity contribution in [3.05, 3.63) is 48.6 Å². The summed E-state index contributed by atoms with van der Waals surface area (Å²) >= 11 is 0. The first-order valence-electron chi connectivity index (χ1n) is 7.25. The first kappa shape index (κ1) is 15.2. The van der Waals surface area contributed by atoms with Crippen molar-refractivity contribution in [1.82, 2.24) is 5.32 Å². The summed E-state index contributed by atoms with van der Waals surface area (Å²) in [7, 11) is 0. The van der Waals surface area contributed by atoms with Crippen LogP contribution in [0.25, 0.3) is 0 Å². The molecule has 0 aliphatic carbocycles. The summed E-state index contributed by atoms with van der Waals surface area (Å²) in [5.41, 5.74) is 1.28. The Balaban J connectivity index is 2.01. The van der Waals surface area contributed by atoms with Gasteiger partial charge in [0.15, 0.2) is 5.79 Å². The van der Waals surface area contributed by atoms with Crippen molar-refractivity contribution in [3.8, 4) is 0 Å². The topological polar surface area (TPSA) is 30.5 Å². The predicted octanol–water partition coefficient (Wildman–Crippen LogP) is 3.43. The molecule has 1 N–H and O–H groups in total. The zero-order valence-corrected chi connectivity index (χ0v) is 12.6. The van der Waals surface area contributed by atoms with Crippen LogP contribution in [0.15, 0.2) is 43.0 Å². The van der Waals surface area contributed by atoms with Gasteiger partial charge < -0.3 is 14.8 Å². The molecule has 0 radical (unpaired) electrons. The molecule has 1 aliphatic heterocycles. The summed E-state index contributed by atoms with van der Waals surface area (Å²) in [6.45, 7) is 10.6. The second kappa shape index (κ2) is 6.53. The van der Waals surface area contributed by atoms with E-state index in [0.717, 1.165) is 6.42 Å². The van der Waals surface area contributed by atoms with Crippen LogP contribution in [0.1, 0.15) is 38.8 Å². The lowest BCUT2D eigenvalue weighted by atomic mass is 10.0. The van der Waals surface area contributed by atoms with Gasteiger partial charge in [0.25, 0.3) is 0 Å². The first-order chi connectivity index (χ1) is 9.52. The number of hydrogen-bond donors (Lipinski definition) is 1. The molecule has 0 amide bonds. The van der Waals surface area contributed by atoms with Crippen LogP contribution in [0.3, 0.4) is 0 Å². The summed E-state index contributed by atoms with van der Waals surface area (Å²) in [5.74, 6) is -0.484. The highest BCUT2D eigenvalue weighted by molar-refractivity contribution is 5.18. The van der Waals surface area contributed by atoms with Crippen molar-refractivity contribution >= 4 is 0 Å². The van der Waals surface area contributed by atoms with Gasteiger partial charge in [0, 0.05) is 12.1 Å². The molecule has 1 aliphatic rings. The van der Waals surface area contributed by atoms with E-state index in [1.165, 1.54) is 5.56 Å². The van der Waals surface area contributed by atoms with Gasteiger partial charge in [-0.2, -0.15) is 0 Å². The third kappa shape index (κ3) is 3.92. The predicted molar refractivity (Wildman–Crippen MR) is 81.5 cm³/mol. The lowest BCUT2D eigenvalue weighted by Gasteiger charge is -2.27. The Bertz CT molecular complexity index is 430. The molecular weight excluding hydrogens is 250 g/mol. The van der Waals surface area contributed by atoms with E-state index in [9.17, 15) is 0 Å². The van der Waals surface area contributed by atoms with Crippen LogP contribution in [-0.2, 0) is 9.47 Å². The number of benzene rings is 1. The molecule has 1 aromatic carbocycles. The van der Waals surface area contributed by atoms with Crippen LogP contribution in [0, 0.1) is 0 Å². The highest BCUT2D eigenvalue weighted by atomic mass is 16.7. The second-order valence-electron chi connectivity index (χ2n) is 5.80. The maximum atomic E-state index is 5.97. The van der Waals surface area contributed by atoms with E-state index < -0.39 is 5.79 Å². The normalized spacial score (nSPS) is 24.2. The van der Waals surface area contributed by atoms with Gasteiger partial charge in [0.2, 0.25) is 0 Å². The van der Waals surface area contributed by atoms with E-state index in [2.05, 4.69) is 43.1 Å². The molecule has 1 heterocycles. The van der Waals surface area contributed by atoms with Crippen molar-refractivity contribution < 1.29 is 9.47 Å². The van der Waals surface area contributed by atoms with E-state index in [1.54, 1.807) is 0 Å². The molecule has 0 bridgehead atoms. The third-order valence-electron chi connectivity index (χ3n) is 3.66. The highest BCUT2D eigenvalue weighted by Crippen LogP contribution is 2.26. The van der Waals surface area contributed by atoms with Crippen LogP contribution in [0.2, 0.25) is 0 Å². The van der Waals surface area contributed by atoms with Gasteiger partial charge in [-0.15, -0.1) is 6.58 Å². The Kier molecular flexibility index (Phi) is 4.97. The molecule has 0 saturated carbocycles. The van der Waals surface area contributed by atoms with Crippen molar-refractivity contribution in [3.63, 3.8) is 0 Å². The van der Waals surface area contributed by atoms with Crippen LogP contribution in [0.4, 0.5) is 0 Å². The van der Waals surface area contributed by atoms with Crippen molar-refractivity contribution in [1.29, 1.82) is 0 Å². The van der Waals surface area contributed by atoms with E-state index in [-0.39, 0.29) is 18.2 Å². The molecule has 20 heavy (non-hydrogen) atoms. The molecule has 3 atom stereocenters. The molecule has 1 aromatic rings. The van der Waals surface area contributed by atoms with Crippen LogP contribution >= 0.6 is 0 Å². The average Bonchev–Trinajstić information content (AvgIpc) is 2.79. The number of rotatable bonds is 6. The van der Waals surface area contributed by atoms with E-state index >= 15 is 0 Å². The Morgan fingerprint density at radius 1 is 1.40 bits per heavy atom. The van der Waals surface area contributed by atoms with Gasteiger partial charge in [-0.3, -0.25) is 0 Å². The summed E-state index contributed by atoms with van der Waals surface area (Å²) < 4.78 is 11.6. The fourth-order valence-electron chi connectivity index (χ4n) is 2.58. The van der Waals surface area contributed by atoms with Crippen molar-refractivity contribution in [2.75, 3.05) is 6.61 Å². The smallest absolute Gasteiger partial charge is 0.163 e. The minimum absolute atomic E-state index is 0.0640. The Morgan fingerprint density at radius 3 is 2.65 bits per heavy atom. The summed E-state index contributed by atoms with van der Waals surface area (Å²) in [6, 6.07) is 10.9. The van der Waals surface area contributed by atoms with Gasteiger partial charge in [-0.25, -0.2) is 0 Å². The Morgan fingerprint density at radius 2 is 2.10 bits per heavy atom. The van der Waals surface area contributed by atoms with Gasteiger partial charge >= 0.3 is 0 Å². The largest absolute Gasteiger partial charge is 0.348 e. The molecule has 0 spiro atoms. The van der Waals surface area contributed by atoms with Gasteiger partial charge in [0.05, 0.1) is 12.7 Å². The number of nitrogens with one attached hydrogen (secondary N) is 1. The molecule has 0 unspecified atom stereocenters. The standard InChI is InChI=1S/C17H25NO2/c1-5-9-15(16-12-19-17(3,4)20-16)18-13(2)14-10-7-6-8-11-14/h5-8,10-11,13,15-16,18H,1,9,12H2,2-4H3/t13-,15+,16+/m0/s1. The fraction of sp³-hybridized carbons (Fsp3) is 0.529. The van der Waals surface area contributed by atoms with E-state index in [0.29, 0.717) is 6.61 Å². The molecular formula is C17H25NO2. The lowest BCUT2D eigenvalue weighted by Crippen LogP contribution is -2.42. The summed E-state index contributed by atoms with van der Waals surface area (Å²) in [5, 5.41) is 3.64.